The Kier molecular flexibility index (Phi) is 15.3. The summed E-state index contributed by atoms with van der Waals surface area (Å²) in [6.45, 7) is 10.8. The van der Waals surface area contributed by atoms with E-state index in [-0.39, 0.29) is 18.2 Å². The number of ether oxygens (including phenoxy) is 1. The number of halogens is 3. The summed E-state index contributed by atoms with van der Waals surface area (Å²) in [5, 5.41) is 8.94. The molecule has 2 aromatic rings. The fraction of sp³-hybridized carbons (Fsp3) is 0.679. The van der Waals surface area contributed by atoms with Gasteiger partial charge in [-0.3, -0.25) is 4.79 Å². The molecule has 1 N–H and O–H groups in total. The molecule has 0 spiro atoms. The van der Waals surface area contributed by atoms with Crippen LogP contribution in [0.15, 0.2) is 22.7 Å². The van der Waals surface area contributed by atoms with Crippen molar-refractivity contribution in [2.45, 2.75) is 90.8 Å². The quantitative estimate of drug-likeness (QED) is 0.243. The van der Waals surface area contributed by atoms with Crippen molar-refractivity contribution in [3.8, 4) is 0 Å². The molecule has 1 atom stereocenters. The predicted molar refractivity (Wildman–Crippen MR) is 173 cm³/mol. The molecule has 1 unspecified atom stereocenters. The summed E-state index contributed by atoms with van der Waals surface area (Å²) in [6, 6.07) is 6.29. The Morgan fingerprint density at radius 1 is 1.11 bits per heavy atom. The second kappa shape index (κ2) is 17.5. The van der Waals surface area contributed by atoms with Crippen LogP contribution in [0.1, 0.15) is 95.3 Å². The minimum atomic E-state index is -0.0833. The Morgan fingerprint density at radius 2 is 1.76 bits per heavy atom. The second-order valence-corrected chi connectivity index (χ2v) is 23.7. The summed E-state index contributed by atoms with van der Waals surface area (Å²) in [5.41, 5.74) is 1.49. The van der Waals surface area contributed by atoms with Crippen molar-refractivity contribution < 1.29 is 19.0 Å². The van der Waals surface area contributed by atoms with E-state index in [1.165, 1.54) is 51.2 Å². The number of carbonyl (C=O) groups is 1. The average molecular weight is 851 g/mol. The van der Waals surface area contributed by atoms with Gasteiger partial charge in [0.2, 0.25) is 0 Å². The summed E-state index contributed by atoms with van der Waals surface area (Å²) in [5.74, 6) is 2.14. The Morgan fingerprint density at radius 3 is 2.37 bits per heavy atom. The van der Waals surface area contributed by atoms with Crippen LogP contribution in [0.4, 0.5) is 0 Å². The van der Waals surface area contributed by atoms with Gasteiger partial charge in [-0.25, -0.2) is 4.68 Å². The van der Waals surface area contributed by atoms with Gasteiger partial charge in [-0.1, -0.05) is 15.9 Å². The fourth-order valence-electron chi connectivity index (χ4n) is 5.49. The third kappa shape index (κ3) is 10.5. The Bertz CT molecular complexity index is 986. The minimum absolute atomic E-state index is 0.0550. The molecule has 10 heteroatoms. The zero-order valence-corrected chi connectivity index (χ0v) is 30.2. The van der Waals surface area contributed by atoms with E-state index in [9.17, 15) is 4.79 Å². The summed E-state index contributed by atoms with van der Waals surface area (Å²) in [7, 11) is 0.628. The molecule has 1 aliphatic carbocycles. The van der Waals surface area contributed by atoms with Crippen molar-refractivity contribution in [2.24, 2.45) is 5.92 Å². The van der Waals surface area contributed by atoms with E-state index >= 15 is 0 Å². The summed E-state index contributed by atoms with van der Waals surface area (Å²) >= 11 is 8.30. The third-order valence-corrected chi connectivity index (χ3v) is 7.70. The van der Waals surface area contributed by atoms with Gasteiger partial charge in [-0.15, -0.1) is 0 Å². The molecule has 38 heavy (non-hydrogen) atoms. The number of hydrogen-bond donors (Lipinski definition) is 1. The van der Waals surface area contributed by atoms with Crippen LogP contribution in [-0.4, -0.2) is 52.9 Å². The standard InChI is InChI=1S/C24H33BrN4O2.C4H9.2HI.V/c25-18-8-11-21-20(15-18)23(27-29(21)22-5-1-4-14-31-22)24(30)26-19-9-6-17(7-10-19)16-28-12-2-3-13-28;1-4(2)3;;;/h8,11,15,17,19,22H,1-7,9-10,12-14,16H2,(H,26,30);1-3H3;2*1H;/q;-1;;;+2/p-2. The van der Waals surface area contributed by atoms with Crippen molar-refractivity contribution in [3.05, 3.63) is 34.3 Å². The Balaban J connectivity index is 0.000000515. The number of fused-ring (bicyclic) bond motifs is 1. The number of likely N-dealkylation sites (tertiary alicyclic amines) is 1. The monoisotopic (exact) mass is 850 g/mol. The van der Waals surface area contributed by atoms with Crippen LogP contribution in [0.25, 0.3) is 10.9 Å². The van der Waals surface area contributed by atoms with Gasteiger partial charge in [0, 0.05) is 29.1 Å². The maximum absolute atomic E-state index is 13.2. The topological polar surface area (TPSA) is 59.4 Å². The zero-order chi connectivity index (χ0) is 27.5. The van der Waals surface area contributed by atoms with E-state index in [0.717, 1.165) is 60.0 Å². The number of nitrogens with one attached hydrogen (secondary N) is 1. The van der Waals surface area contributed by atoms with Gasteiger partial charge >= 0.3 is 49.4 Å². The number of benzene rings is 1. The van der Waals surface area contributed by atoms with Crippen LogP contribution >= 0.6 is 55.9 Å². The Hall–Kier alpha value is 0.604. The molecule has 2 saturated heterocycles. The van der Waals surface area contributed by atoms with Gasteiger partial charge in [0.15, 0.2) is 11.9 Å². The van der Waals surface area contributed by atoms with Crippen molar-refractivity contribution in [3.63, 3.8) is 0 Å². The first-order chi connectivity index (χ1) is 18.3. The molecule has 1 saturated carbocycles. The van der Waals surface area contributed by atoms with Gasteiger partial charge in [0.25, 0.3) is 5.91 Å². The molecular formula is C28H42BrI2N4O2V-. The number of hydrogen-bond acceptors (Lipinski definition) is 4. The first-order valence-corrected chi connectivity index (χ1v) is 23.6. The van der Waals surface area contributed by atoms with Gasteiger partial charge in [-0.05, 0) is 95.0 Å². The van der Waals surface area contributed by atoms with Gasteiger partial charge in [-0.2, -0.15) is 25.9 Å². The van der Waals surface area contributed by atoms with E-state index in [2.05, 4.69) is 86.9 Å². The van der Waals surface area contributed by atoms with Crippen molar-refractivity contribution in [1.29, 1.82) is 0 Å². The predicted octanol–water partition coefficient (Wildman–Crippen LogP) is 8.27. The molecule has 2 aliphatic heterocycles. The molecule has 3 fully saturated rings. The van der Waals surface area contributed by atoms with E-state index in [1.54, 1.807) is 0 Å². The third-order valence-electron chi connectivity index (χ3n) is 7.21. The van der Waals surface area contributed by atoms with Crippen LogP contribution in [0.3, 0.4) is 0 Å². The SMILES string of the molecule is C[C-](C)C.O=C(NC1CCC(CN2CCCC2)CC1)c1nn(C2CCCCO2)c2ccc(Br)cc12.[I][V][I]. The van der Waals surface area contributed by atoms with E-state index in [1.807, 2.05) is 22.9 Å². The van der Waals surface area contributed by atoms with Gasteiger partial charge in [0.1, 0.15) is 0 Å². The van der Waals surface area contributed by atoms with E-state index < -0.39 is 0 Å². The first kappa shape index (κ1) is 33.1. The van der Waals surface area contributed by atoms with E-state index in [0.29, 0.717) is 15.2 Å². The van der Waals surface area contributed by atoms with Crippen LogP contribution in [0.5, 0.6) is 0 Å². The van der Waals surface area contributed by atoms with Crippen molar-refractivity contribution >= 4 is 72.7 Å². The molecule has 1 aromatic carbocycles. The number of amides is 1. The Labute approximate surface area is 266 Å². The number of rotatable bonds is 5. The molecule has 6 nitrogen and oxygen atoms in total. The summed E-state index contributed by atoms with van der Waals surface area (Å²) < 4.78 is 8.84. The fourth-order valence-corrected chi connectivity index (χ4v) is 5.85. The molecule has 3 heterocycles. The average Bonchev–Trinajstić information content (AvgIpc) is 3.54. The molecule has 213 valence electrons. The second-order valence-electron chi connectivity index (χ2n) is 11.0. The molecule has 5 rings (SSSR count). The number of aromatic nitrogens is 2. The first-order valence-electron chi connectivity index (χ1n) is 13.8. The molecule has 1 amide bonds. The molecule has 0 bridgehead atoms. The maximum atomic E-state index is 13.2. The van der Waals surface area contributed by atoms with Crippen molar-refractivity contribution in [1.82, 2.24) is 20.0 Å². The normalized spacial score (nSPS) is 23.8. The summed E-state index contributed by atoms with van der Waals surface area (Å²) in [4.78, 5) is 15.9. The van der Waals surface area contributed by atoms with Crippen LogP contribution in [-0.2, 0) is 14.2 Å². The van der Waals surface area contributed by atoms with E-state index in [4.69, 9.17) is 9.84 Å². The summed E-state index contributed by atoms with van der Waals surface area (Å²) in [6.07, 6.45) is 10.3. The zero-order valence-electron chi connectivity index (χ0n) is 22.9. The molecule has 1 aromatic heterocycles. The molecular weight excluding hydrogens is 809 g/mol. The van der Waals surface area contributed by atoms with Gasteiger partial charge in [0.05, 0.1) is 5.52 Å². The molecule has 3 aliphatic rings. The van der Waals surface area contributed by atoms with Crippen LogP contribution < -0.4 is 5.32 Å². The van der Waals surface area contributed by atoms with Crippen molar-refractivity contribution in [2.75, 3.05) is 26.2 Å². The van der Waals surface area contributed by atoms with Crippen LogP contribution in [0, 0.1) is 11.8 Å². The molecule has 0 radical (unpaired) electrons. The number of nitrogens with zero attached hydrogens (tertiary/aromatic N) is 3. The van der Waals surface area contributed by atoms with Gasteiger partial charge < -0.3 is 20.9 Å². The van der Waals surface area contributed by atoms with Crippen LogP contribution in [0.2, 0.25) is 0 Å². The number of carbonyl (C=O) groups excluding carboxylic acids is 1.